The molecular weight excluding hydrogens is 316 g/mol. The highest BCUT2D eigenvalue weighted by atomic mass is 16.6. The van der Waals surface area contributed by atoms with E-state index in [1.54, 1.807) is 6.08 Å². The Morgan fingerprint density at radius 1 is 1.28 bits per heavy atom. The second kappa shape index (κ2) is 7.73. The summed E-state index contributed by atoms with van der Waals surface area (Å²) in [5.41, 5.74) is 0.256. The number of hydrogen-bond donors (Lipinski definition) is 0. The number of rotatable bonds is 4. The summed E-state index contributed by atoms with van der Waals surface area (Å²) in [6.07, 6.45) is 7.41. The van der Waals surface area contributed by atoms with Crippen molar-refractivity contribution < 1.29 is 14.3 Å². The molecule has 1 saturated heterocycles. The van der Waals surface area contributed by atoms with Gasteiger partial charge in [0.25, 0.3) is 0 Å². The SMILES string of the molecule is CC(C)(C)OC(=O)C=Cc1cn(CC2CCOCC2)c(C(C)(C)C)n1. The number of esters is 1. The van der Waals surface area contributed by atoms with Crippen molar-refractivity contribution in [2.75, 3.05) is 13.2 Å². The van der Waals surface area contributed by atoms with E-state index < -0.39 is 5.60 Å². The second-order valence-electron chi connectivity index (χ2n) is 8.81. The summed E-state index contributed by atoms with van der Waals surface area (Å²) in [7, 11) is 0. The first-order valence-corrected chi connectivity index (χ1v) is 9.11. The van der Waals surface area contributed by atoms with E-state index in [1.165, 1.54) is 6.08 Å². The van der Waals surface area contributed by atoms with Crippen LogP contribution in [-0.2, 0) is 26.2 Å². The lowest BCUT2D eigenvalue weighted by Gasteiger charge is -2.25. The fourth-order valence-corrected chi connectivity index (χ4v) is 2.95. The Morgan fingerprint density at radius 2 is 1.92 bits per heavy atom. The molecule has 0 aromatic carbocycles. The van der Waals surface area contributed by atoms with Crippen molar-refractivity contribution in [2.24, 2.45) is 5.92 Å². The van der Waals surface area contributed by atoms with Gasteiger partial charge in [-0.3, -0.25) is 0 Å². The predicted molar refractivity (Wildman–Crippen MR) is 99.3 cm³/mol. The summed E-state index contributed by atoms with van der Waals surface area (Å²) in [6.45, 7) is 14.7. The molecule has 0 radical (unpaired) electrons. The van der Waals surface area contributed by atoms with Crippen molar-refractivity contribution in [3.63, 3.8) is 0 Å². The van der Waals surface area contributed by atoms with Gasteiger partial charge in [-0.05, 0) is 45.6 Å². The summed E-state index contributed by atoms with van der Waals surface area (Å²) in [5.74, 6) is 1.32. The summed E-state index contributed by atoms with van der Waals surface area (Å²) >= 11 is 0. The number of nitrogens with zero attached hydrogens (tertiary/aromatic N) is 2. The Hall–Kier alpha value is -1.62. The van der Waals surface area contributed by atoms with Crippen molar-refractivity contribution in [3.8, 4) is 0 Å². The highest BCUT2D eigenvalue weighted by Gasteiger charge is 2.24. The van der Waals surface area contributed by atoms with Crippen LogP contribution in [0.25, 0.3) is 6.08 Å². The van der Waals surface area contributed by atoms with Gasteiger partial charge in [0, 0.05) is 37.4 Å². The maximum Gasteiger partial charge on any atom is 0.331 e. The second-order valence-corrected chi connectivity index (χ2v) is 8.81. The molecule has 0 spiro atoms. The van der Waals surface area contributed by atoms with Crippen LogP contribution in [0.5, 0.6) is 0 Å². The van der Waals surface area contributed by atoms with E-state index in [0.29, 0.717) is 5.92 Å². The van der Waals surface area contributed by atoms with Crippen LogP contribution in [0.1, 0.15) is 65.9 Å². The van der Waals surface area contributed by atoms with Crippen LogP contribution in [0.15, 0.2) is 12.3 Å². The van der Waals surface area contributed by atoms with Crippen LogP contribution in [0, 0.1) is 5.92 Å². The Labute approximate surface area is 151 Å². The lowest BCUT2D eigenvalue weighted by molar-refractivity contribution is -0.148. The van der Waals surface area contributed by atoms with Crippen LogP contribution in [0.4, 0.5) is 0 Å². The summed E-state index contributed by atoms with van der Waals surface area (Å²) < 4.78 is 13.0. The molecule has 1 aromatic rings. The van der Waals surface area contributed by atoms with Gasteiger partial charge in [0.15, 0.2) is 0 Å². The molecule has 0 saturated carbocycles. The van der Waals surface area contributed by atoms with Gasteiger partial charge in [-0.1, -0.05) is 20.8 Å². The van der Waals surface area contributed by atoms with E-state index in [9.17, 15) is 4.79 Å². The smallest absolute Gasteiger partial charge is 0.331 e. The monoisotopic (exact) mass is 348 g/mol. The topological polar surface area (TPSA) is 53.4 Å². The average molecular weight is 348 g/mol. The molecule has 0 amide bonds. The molecule has 1 aliphatic rings. The Morgan fingerprint density at radius 3 is 2.48 bits per heavy atom. The Bertz CT molecular complexity index is 612. The van der Waals surface area contributed by atoms with Crippen LogP contribution in [0.3, 0.4) is 0 Å². The molecule has 1 fully saturated rings. The molecule has 0 aliphatic carbocycles. The third-order valence-electron chi connectivity index (χ3n) is 4.06. The lowest BCUT2D eigenvalue weighted by atomic mass is 9.94. The van der Waals surface area contributed by atoms with E-state index in [1.807, 2.05) is 27.0 Å². The van der Waals surface area contributed by atoms with E-state index in [4.69, 9.17) is 14.5 Å². The van der Waals surface area contributed by atoms with Crippen LogP contribution >= 0.6 is 0 Å². The first-order chi connectivity index (χ1) is 11.5. The molecule has 5 heteroatoms. The zero-order valence-corrected chi connectivity index (χ0v) is 16.5. The fraction of sp³-hybridized carbons (Fsp3) is 0.700. The molecule has 1 aromatic heterocycles. The van der Waals surface area contributed by atoms with Gasteiger partial charge in [-0.2, -0.15) is 0 Å². The molecule has 25 heavy (non-hydrogen) atoms. The van der Waals surface area contributed by atoms with Gasteiger partial charge < -0.3 is 14.0 Å². The Kier molecular flexibility index (Phi) is 6.09. The molecular formula is C20H32N2O3. The molecule has 0 bridgehead atoms. The Balaban J connectivity index is 2.15. The predicted octanol–water partition coefficient (Wildman–Crippen LogP) is 3.96. The minimum Gasteiger partial charge on any atom is -0.457 e. The maximum atomic E-state index is 11.9. The molecule has 0 N–H and O–H groups in total. The van der Waals surface area contributed by atoms with E-state index in [2.05, 4.69) is 25.3 Å². The molecule has 0 unspecified atom stereocenters. The summed E-state index contributed by atoms with van der Waals surface area (Å²) in [6, 6.07) is 0. The van der Waals surface area contributed by atoms with E-state index >= 15 is 0 Å². The molecule has 2 heterocycles. The number of hydrogen-bond acceptors (Lipinski definition) is 4. The van der Waals surface area contributed by atoms with Crippen molar-refractivity contribution in [2.45, 2.75) is 71.9 Å². The minimum atomic E-state index is -0.486. The molecule has 0 atom stereocenters. The number of ether oxygens (including phenoxy) is 2. The van der Waals surface area contributed by atoms with Crippen molar-refractivity contribution in [1.29, 1.82) is 0 Å². The quantitative estimate of drug-likeness (QED) is 0.610. The number of aromatic nitrogens is 2. The largest absolute Gasteiger partial charge is 0.457 e. The summed E-state index contributed by atoms with van der Waals surface area (Å²) in [4.78, 5) is 16.6. The van der Waals surface area contributed by atoms with Gasteiger partial charge in [-0.15, -0.1) is 0 Å². The van der Waals surface area contributed by atoms with Crippen molar-refractivity contribution >= 4 is 12.0 Å². The van der Waals surface area contributed by atoms with Gasteiger partial charge >= 0.3 is 5.97 Å². The number of imidazole rings is 1. The molecule has 1 aliphatic heterocycles. The molecule has 2 rings (SSSR count). The van der Waals surface area contributed by atoms with Gasteiger partial charge in [0.2, 0.25) is 0 Å². The highest BCUT2D eigenvalue weighted by molar-refractivity contribution is 5.86. The number of carbonyl (C=O) groups excluding carboxylic acids is 1. The van der Waals surface area contributed by atoms with E-state index in [0.717, 1.165) is 44.1 Å². The normalized spacial score (nSPS) is 17.2. The van der Waals surface area contributed by atoms with Crippen LogP contribution < -0.4 is 0 Å². The molecule has 140 valence electrons. The minimum absolute atomic E-state index is 0.0524. The van der Waals surface area contributed by atoms with Gasteiger partial charge in [0.05, 0.1) is 5.69 Å². The lowest BCUT2D eigenvalue weighted by Crippen LogP contribution is -2.24. The van der Waals surface area contributed by atoms with Crippen LogP contribution in [0.2, 0.25) is 0 Å². The first kappa shape index (κ1) is 19.7. The van der Waals surface area contributed by atoms with Crippen molar-refractivity contribution in [1.82, 2.24) is 9.55 Å². The van der Waals surface area contributed by atoms with E-state index in [-0.39, 0.29) is 11.4 Å². The zero-order chi connectivity index (χ0) is 18.7. The summed E-state index contributed by atoms with van der Waals surface area (Å²) in [5, 5.41) is 0. The maximum absolute atomic E-state index is 11.9. The average Bonchev–Trinajstić information content (AvgIpc) is 2.87. The van der Waals surface area contributed by atoms with Crippen LogP contribution in [-0.4, -0.2) is 34.3 Å². The standard InChI is InChI=1S/C20H32N2O3/c1-19(2,3)18-21-16(7-8-17(23)25-20(4,5)6)14-22(18)13-15-9-11-24-12-10-15/h7-8,14-15H,9-13H2,1-6H3. The first-order valence-electron chi connectivity index (χ1n) is 9.11. The van der Waals surface area contributed by atoms with Crippen molar-refractivity contribution in [3.05, 3.63) is 23.8 Å². The number of carbonyl (C=O) groups is 1. The highest BCUT2D eigenvalue weighted by Crippen LogP contribution is 2.25. The third kappa shape index (κ3) is 6.31. The fourth-order valence-electron chi connectivity index (χ4n) is 2.95. The third-order valence-corrected chi connectivity index (χ3v) is 4.06. The zero-order valence-electron chi connectivity index (χ0n) is 16.5. The van der Waals surface area contributed by atoms with Gasteiger partial charge in [-0.25, -0.2) is 9.78 Å². The van der Waals surface area contributed by atoms with Gasteiger partial charge in [0.1, 0.15) is 11.4 Å². The molecule has 5 nitrogen and oxygen atoms in total.